The molecule has 1 heterocycles. The van der Waals surface area contributed by atoms with Crippen LogP contribution in [0.15, 0.2) is 18.2 Å². The minimum atomic E-state index is -0.502. The zero-order valence-electron chi connectivity index (χ0n) is 11.7. The predicted octanol–water partition coefficient (Wildman–Crippen LogP) is 2.82. The molecular weight excluding hydrogens is 278 g/mol. The van der Waals surface area contributed by atoms with E-state index in [9.17, 15) is 9.59 Å². The van der Waals surface area contributed by atoms with Gasteiger partial charge in [-0.15, -0.1) is 0 Å². The summed E-state index contributed by atoms with van der Waals surface area (Å²) in [5.41, 5.74) is 1.30. The van der Waals surface area contributed by atoms with E-state index in [0.29, 0.717) is 23.6 Å². The molecule has 1 saturated heterocycles. The van der Waals surface area contributed by atoms with Crippen LogP contribution in [-0.2, 0) is 9.53 Å². The first-order valence-electron chi connectivity index (χ1n) is 6.70. The van der Waals surface area contributed by atoms with E-state index in [1.54, 1.807) is 17.0 Å². The van der Waals surface area contributed by atoms with Crippen molar-refractivity contribution in [2.24, 2.45) is 0 Å². The number of hydrogen-bond donors (Lipinski definition) is 0. The third-order valence-electron chi connectivity index (χ3n) is 3.66. The number of ether oxygens (including phenoxy) is 1. The third kappa shape index (κ3) is 2.80. The van der Waals surface area contributed by atoms with Crippen molar-refractivity contribution in [3.63, 3.8) is 0 Å². The number of carbonyl (C=O) groups excluding carboxylic acids is 2. The van der Waals surface area contributed by atoms with Gasteiger partial charge in [0.05, 0.1) is 17.7 Å². The number of amides is 1. The maximum atomic E-state index is 12.6. The molecule has 5 heteroatoms. The van der Waals surface area contributed by atoms with E-state index in [-0.39, 0.29) is 11.9 Å². The molecule has 0 radical (unpaired) electrons. The molecule has 0 spiro atoms. The topological polar surface area (TPSA) is 46.6 Å². The zero-order chi connectivity index (χ0) is 14.7. The minimum absolute atomic E-state index is 0.200. The van der Waals surface area contributed by atoms with E-state index in [1.807, 2.05) is 13.0 Å². The first kappa shape index (κ1) is 14.9. The molecule has 1 aliphatic heterocycles. The molecule has 2 rings (SSSR count). The van der Waals surface area contributed by atoms with Gasteiger partial charge in [-0.1, -0.05) is 23.7 Å². The third-order valence-corrected chi connectivity index (χ3v) is 4.16. The van der Waals surface area contributed by atoms with Gasteiger partial charge in [0.25, 0.3) is 5.91 Å². The molecule has 1 aromatic rings. The summed E-state index contributed by atoms with van der Waals surface area (Å²) >= 11 is 6.20. The lowest BCUT2D eigenvalue weighted by atomic mass is 10.0. The highest BCUT2D eigenvalue weighted by molar-refractivity contribution is 6.34. The van der Waals surface area contributed by atoms with Crippen LogP contribution in [0.2, 0.25) is 5.02 Å². The van der Waals surface area contributed by atoms with E-state index in [0.717, 1.165) is 18.4 Å². The Bertz CT molecular complexity index is 530. The Morgan fingerprint density at radius 3 is 2.80 bits per heavy atom. The first-order chi connectivity index (χ1) is 9.56. The lowest BCUT2D eigenvalue weighted by Gasteiger charge is -2.34. The molecule has 1 atom stereocenters. The maximum absolute atomic E-state index is 12.6. The fraction of sp³-hybridized carbons (Fsp3) is 0.467. The molecule has 1 fully saturated rings. The molecule has 0 bridgehead atoms. The summed E-state index contributed by atoms with van der Waals surface area (Å²) in [5, 5.41) is 0.451. The number of benzene rings is 1. The van der Waals surface area contributed by atoms with Gasteiger partial charge in [0.1, 0.15) is 6.04 Å². The van der Waals surface area contributed by atoms with Crippen LogP contribution in [0.25, 0.3) is 0 Å². The number of piperidine rings is 1. The Labute approximate surface area is 123 Å². The van der Waals surface area contributed by atoms with Gasteiger partial charge in [-0.3, -0.25) is 4.79 Å². The molecule has 0 aromatic heterocycles. The highest BCUT2D eigenvalue weighted by Crippen LogP contribution is 2.26. The lowest BCUT2D eigenvalue weighted by molar-refractivity contribution is -0.147. The van der Waals surface area contributed by atoms with Crippen molar-refractivity contribution in [3.05, 3.63) is 34.3 Å². The Morgan fingerprint density at radius 1 is 1.35 bits per heavy atom. The Balaban J connectivity index is 2.30. The number of aryl methyl sites for hydroxylation is 1. The van der Waals surface area contributed by atoms with Crippen molar-refractivity contribution in [3.8, 4) is 0 Å². The fourth-order valence-electron chi connectivity index (χ4n) is 2.52. The van der Waals surface area contributed by atoms with Crippen molar-refractivity contribution >= 4 is 23.5 Å². The standard InChI is InChI=1S/C15H18ClNO3/c1-10-6-5-7-11(13(10)16)14(18)17-9-4-3-8-12(17)15(19)20-2/h5-7,12H,3-4,8-9H2,1-2H3/t12-/m1/s1. The van der Waals surface area contributed by atoms with E-state index >= 15 is 0 Å². The number of hydrogen-bond acceptors (Lipinski definition) is 3. The fourth-order valence-corrected chi connectivity index (χ4v) is 2.73. The number of esters is 1. The van der Waals surface area contributed by atoms with Crippen molar-refractivity contribution in [2.45, 2.75) is 32.2 Å². The van der Waals surface area contributed by atoms with Crippen molar-refractivity contribution in [1.29, 1.82) is 0 Å². The van der Waals surface area contributed by atoms with E-state index in [2.05, 4.69) is 0 Å². The summed E-state index contributed by atoms with van der Waals surface area (Å²) < 4.78 is 4.79. The zero-order valence-corrected chi connectivity index (χ0v) is 12.4. The van der Waals surface area contributed by atoms with Crippen LogP contribution in [0.3, 0.4) is 0 Å². The summed E-state index contributed by atoms with van der Waals surface area (Å²) in [7, 11) is 1.35. The van der Waals surface area contributed by atoms with E-state index in [1.165, 1.54) is 7.11 Å². The molecule has 0 unspecified atom stereocenters. The number of carbonyl (C=O) groups is 2. The SMILES string of the molecule is COC(=O)[C@H]1CCCCN1C(=O)c1cccc(C)c1Cl. The van der Waals surface area contributed by atoms with Crippen LogP contribution in [0.5, 0.6) is 0 Å². The molecule has 4 nitrogen and oxygen atoms in total. The van der Waals surface area contributed by atoms with Crippen LogP contribution in [0, 0.1) is 6.92 Å². The average molecular weight is 296 g/mol. The molecule has 108 valence electrons. The molecule has 1 aromatic carbocycles. The predicted molar refractivity (Wildman–Crippen MR) is 76.9 cm³/mol. The summed E-state index contributed by atoms with van der Waals surface area (Å²) in [4.78, 5) is 26.0. The molecule has 1 aliphatic rings. The normalized spacial score (nSPS) is 18.8. The summed E-state index contributed by atoms with van der Waals surface area (Å²) in [6.07, 6.45) is 2.45. The second-order valence-corrected chi connectivity index (χ2v) is 5.35. The Morgan fingerprint density at radius 2 is 2.10 bits per heavy atom. The minimum Gasteiger partial charge on any atom is -0.467 e. The molecule has 0 N–H and O–H groups in total. The van der Waals surface area contributed by atoms with Gasteiger partial charge in [-0.05, 0) is 37.8 Å². The maximum Gasteiger partial charge on any atom is 0.328 e. The van der Waals surface area contributed by atoms with Gasteiger partial charge in [0, 0.05) is 6.54 Å². The smallest absolute Gasteiger partial charge is 0.328 e. The average Bonchev–Trinajstić information content (AvgIpc) is 2.48. The number of nitrogens with zero attached hydrogens (tertiary/aromatic N) is 1. The van der Waals surface area contributed by atoms with Crippen LogP contribution in [0.4, 0.5) is 0 Å². The van der Waals surface area contributed by atoms with Crippen LogP contribution in [0.1, 0.15) is 35.2 Å². The number of rotatable bonds is 2. The second-order valence-electron chi connectivity index (χ2n) is 4.97. The Hall–Kier alpha value is -1.55. The van der Waals surface area contributed by atoms with Crippen LogP contribution < -0.4 is 0 Å². The second kappa shape index (κ2) is 6.27. The molecule has 0 aliphatic carbocycles. The van der Waals surface area contributed by atoms with Gasteiger partial charge in [-0.2, -0.15) is 0 Å². The van der Waals surface area contributed by atoms with Crippen LogP contribution in [-0.4, -0.2) is 36.5 Å². The largest absolute Gasteiger partial charge is 0.467 e. The van der Waals surface area contributed by atoms with Gasteiger partial charge in [-0.25, -0.2) is 4.79 Å². The molecular formula is C15H18ClNO3. The van der Waals surface area contributed by atoms with Crippen molar-refractivity contribution in [2.75, 3.05) is 13.7 Å². The summed E-state index contributed by atoms with van der Waals surface area (Å²) in [5.74, 6) is -0.560. The monoisotopic (exact) mass is 295 g/mol. The van der Waals surface area contributed by atoms with Crippen molar-refractivity contribution < 1.29 is 14.3 Å². The molecule has 20 heavy (non-hydrogen) atoms. The van der Waals surface area contributed by atoms with Gasteiger partial charge < -0.3 is 9.64 Å². The lowest BCUT2D eigenvalue weighted by Crippen LogP contribution is -2.48. The van der Waals surface area contributed by atoms with E-state index < -0.39 is 6.04 Å². The number of methoxy groups -OCH3 is 1. The quantitative estimate of drug-likeness (QED) is 0.788. The Kier molecular flexibility index (Phi) is 4.65. The van der Waals surface area contributed by atoms with Gasteiger partial charge in [0.2, 0.25) is 0 Å². The van der Waals surface area contributed by atoms with Crippen LogP contribution >= 0.6 is 11.6 Å². The van der Waals surface area contributed by atoms with Crippen molar-refractivity contribution in [1.82, 2.24) is 4.90 Å². The molecule has 1 amide bonds. The number of likely N-dealkylation sites (tertiary alicyclic amines) is 1. The highest BCUT2D eigenvalue weighted by atomic mass is 35.5. The highest BCUT2D eigenvalue weighted by Gasteiger charge is 2.34. The van der Waals surface area contributed by atoms with Gasteiger partial charge >= 0.3 is 5.97 Å². The first-order valence-corrected chi connectivity index (χ1v) is 7.08. The van der Waals surface area contributed by atoms with E-state index in [4.69, 9.17) is 16.3 Å². The summed E-state index contributed by atoms with van der Waals surface area (Å²) in [6, 6.07) is 4.84. The summed E-state index contributed by atoms with van der Waals surface area (Å²) in [6.45, 7) is 2.41. The number of halogens is 1. The van der Waals surface area contributed by atoms with Gasteiger partial charge in [0.15, 0.2) is 0 Å². The molecule has 0 saturated carbocycles.